The molecule has 33 heavy (non-hydrogen) atoms. The lowest BCUT2D eigenvalue weighted by molar-refractivity contribution is 0.102. The van der Waals surface area contributed by atoms with Gasteiger partial charge in [-0.2, -0.15) is 0 Å². The number of benzene rings is 3. The zero-order chi connectivity index (χ0) is 24.0. The maximum absolute atomic E-state index is 13.1. The van der Waals surface area contributed by atoms with Gasteiger partial charge < -0.3 is 27.0 Å². The van der Waals surface area contributed by atoms with Gasteiger partial charge in [-0.25, -0.2) is 4.79 Å². The van der Waals surface area contributed by atoms with E-state index in [-0.39, 0.29) is 18.5 Å². The number of carbonyl (C=O) groups excluding carboxylic acids is 2. The SMILES string of the molecule is CC(C)(CN)N(Cc1ccc(C(=O)Nc2ccccc2N)cc1)C(=O)Nc1cccc(Cl)c1. The number of rotatable bonds is 7. The summed E-state index contributed by atoms with van der Waals surface area (Å²) in [6, 6.07) is 20.8. The van der Waals surface area contributed by atoms with Gasteiger partial charge in [-0.1, -0.05) is 41.9 Å². The number of nitrogen functional groups attached to an aromatic ring is 1. The molecule has 3 aromatic carbocycles. The van der Waals surface area contributed by atoms with E-state index in [0.717, 1.165) is 5.56 Å². The second kappa shape index (κ2) is 10.4. The summed E-state index contributed by atoms with van der Waals surface area (Å²) in [6.07, 6.45) is 0. The van der Waals surface area contributed by atoms with Gasteiger partial charge in [0, 0.05) is 29.4 Å². The molecule has 0 fully saturated rings. The Bertz CT molecular complexity index is 1130. The number of halogens is 1. The van der Waals surface area contributed by atoms with Crippen molar-refractivity contribution in [2.75, 3.05) is 22.9 Å². The molecular formula is C25H28ClN5O2. The molecule has 0 heterocycles. The summed E-state index contributed by atoms with van der Waals surface area (Å²) in [5.74, 6) is -0.266. The molecule has 0 saturated heterocycles. The van der Waals surface area contributed by atoms with Crippen molar-refractivity contribution in [1.82, 2.24) is 4.90 Å². The van der Waals surface area contributed by atoms with Gasteiger partial charge in [-0.3, -0.25) is 4.79 Å². The van der Waals surface area contributed by atoms with E-state index in [9.17, 15) is 9.59 Å². The number of hydrogen-bond acceptors (Lipinski definition) is 4. The number of para-hydroxylation sites is 2. The zero-order valence-corrected chi connectivity index (χ0v) is 19.4. The van der Waals surface area contributed by atoms with E-state index in [1.54, 1.807) is 65.6 Å². The molecule has 3 amide bonds. The minimum atomic E-state index is -0.608. The zero-order valence-electron chi connectivity index (χ0n) is 18.6. The molecule has 6 N–H and O–H groups in total. The molecule has 0 aliphatic rings. The molecular weight excluding hydrogens is 438 g/mol. The summed E-state index contributed by atoms with van der Waals surface area (Å²) in [5.41, 5.74) is 14.2. The molecule has 172 valence electrons. The topological polar surface area (TPSA) is 113 Å². The van der Waals surface area contributed by atoms with Crippen molar-refractivity contribution in [3.8, 4) is 0 Å². The van der Waals surface area contributed by atoms with Crippen molar-refractivity contribution in [2.45, 2.75) is 25.9 Å². The van der Waals surface area contributed by atoms with E-state index in [0.29, 0.717) is 34.2 Å². The van der Waals surface area contributed by atoms with Crippen molar-refractivity contribution < 1.29 is 9.59 Å². The monoisotopic (exact) mass is 465 g/mol. The first-order valence-corrected chi connectivity index (χ1v) is 10.9. The van der Waals surface area contributed by atoms with E-state index >= 15 is 0 Å². The fraction of sp³-hybridized carbons (Fsp3) is 0.200. The van der Waals surface area contributed by atoms with E-state index in [2.05, 4.69) is 10.6 Å². The normalized spacial score (nSPS) is 11.0. The van der Waals surface area contributed by atoms with Gasteiger partial charge in [-0.05, 0) is 61.9 Å². The molecule has 0 saturated carbocycles. The number of nitrogens with one attached hydrogen (secondary N) is 2. The first-order valence-electron chi connectivity index (χ1n) is 10.5. The Morgan fingerprint density at radius 3 is 2.30 bits per heavy atom. The summed E-state index contributed by atoms with van der Waals surface area (Å²) in [6.45, 7) is 4.38. The maximum atomic E-state index is 13.1. The molecule has 0 aliphatic carbocycles. The lowest BCUT2D eigenvalue weighted by atomic mass is 10.0. The van der Waals surface area contributed by atoms with Crippen LogP contribution in [0.25, 0.3) is 0 Å². The fourth-order valence-electron chi connectivity index (χ4n) is 3.18. The van der Waals surface area contributed by atoms with Crippen LogP contribution in [0.15, 0.2) is 72.8 Å². The number of nitrogens with zero attached hydrogens (tertiary/aromatic N) is 1. The van der Waals surface area contributed by atoms with E-state index in [1.165, 1.54) is 0 Å². The van der Waals surface area contributed by atoms with Crippen LogP contribution in [-0.4, -0.2) is 28.9 Å². The number of amides is 3. The Morgan fingerprint density at radius 1 is 0.970 bits per heavy atom. The van der Waals surface area contributed by atoms with Crippen LogP contribution in [0.3, 0.4) is 0 Å². The van der Waals surface area contributed by atoms with Crippen LogP contribution in [0.2, 0.25) is 5.02 Å². The minimum absolute atomic E-state index is 0.266. The molecule has 3 rings (SSSR count). The highest BCUT2D eigenvalue weighted by Crippen LogP contribution is 2.22. The Labute approximate surface area is 198 Å². The molecule has 3 aromatic rings. The van der Waals surface area contributed by atoms with Crippen LogP contribution >= 0.6 is 11.6 Å². The van der Waals surface area contributed by atoms with Gasteiger partial charge >= 0.3 is 6.03 Å². The summed E-state index contributed by atoms with van der Waals surface area (Å²) < 4.78 is 0. The number of hydrogen-bond donors (Lipinski definition) is 4. The Balaban J connectivity index is 1.74. The van der Waals surface area contributed by atoms with Crippen molar-refractivity contribution >= 4 is 40.6 Å². The van der Waals surface area contributed by atoms with Gasteiger partial charge in [0.05, 0.1) is 16.9 Å². The quantitative estimate of drug-likeness (QED) is 0.370. The molecule has 0 radical (unpaired) electrons. The molecule has 8 heteroatoms. The second-order valence-corrected chi connectivity index (χ2v) is 8.72. The van der Waals surface area contributed by atoms with Crippen LogP contribution in [-0.2, 0) is 6.54 Å². The first-order chi connectivity index (χ1) is 15.7. The average Bonchev–Trinajstić information content (AvgIpc) is 2.79. The highest BCUT2D eigenvalue weighted by Gasteiger charge is 2.30. The summed E-state index contributed by atoms with van der Waals surface area (Å²) in [5, 5.41) is 6.21. The summed E-state index contributed by atoms with van der Waals surface area (Å²) in [4.78, 5) is 27.3. The molecule has 7 nitrogen and oxygen atoms in total. The van der Waals surface area contributed by atoms with Gasteiger partial charge in [0.2, 0.25) is 0 Å². The van der Waals surface area contributed by atoms with Crippen LogP contribution < -0.4 is 22.1 Å². The Kier molecular flexibility index (Phi) is 7.58. The molecule has 0 atom stereocenters. The third-order valence-corrected chi connectivity index (χ3v) is 5.55. The maximum Gasteiger partial charge on any atom is 0.322 e. The van der Waals surface area contributed by atoms with Crippen LogP contribution in [0.4, 0.5) is 21.9 Å². The highest BCUT2D eigenvalue weighted by atomic mass is 35.5. The van der Waals surface area contributed by atoms with Crippen molar-refractivity contribution in [3.63, 3.8) is 0 Å². The molecule has 0 spiro atoms. The second-order valence-electron chi connectivity index (χ2n) is 8.28. The smallest absolute Gasteiger partial charge is 0.322 e. The number of carbonyl (C=O) groups is 2. The lowest BCUT2D eigenvalue weighted by Crippen LogP contribution is -2.53. The third kappa shape index (κ3) is 6.25. The van der Waals surface area contributed by atoms with E-state index in [4.69, 9.17) is 23.1 Å². The van der Waals surface area contributed by atoms with Crippen LogP contribution in [0.1, 0.15) is 29.8 Å². The van der Waals surface area contributed by atoms with Crippen LogP contribution in [0, 0.1) is 0 Å². The highest BCUT2D eigenvalue weighted by molar-refractivity contribution is 6.30. The fourth-order valence-corrected chi connectivity index (χ4v) is 3.37. The van der Waals surface area contributed by atoms with E-state index in [1.807, 2.05) is 26.0 Å². The number of anilines is 3. The Hall–Kier alpha value is -3.55. The predicted octanol–water partition coefficient (Wildman–Crippen LogP) is 4.95. The van der Waals surface area contributed by atoms with Crippen molar-refractivity contribution in [1.29, 1.82) is 0 Å². The summed E-state index contributed by atoms with van der Waals surface area (Å²) >= 11 is 6.03. The average molecular weight is 466 g/mol. The predicted molar refractivity (Wildman–Crippen MR) is 134 cm³/mol. The molecule has 0 bridgehead atoms. The minimum Gasteiger partial charge on any atom is -0.397 e. The number of nitrogens with two attached hydrogens (primary N) is 2. The van der Waals surface area contributed by atoms with Gasteiger partial charge in [-0.15, -0.1) is 0 Å². The third-order valence-electron chi connectivity index (χ3n) is 5.32. The Morgan fingerprint density at radius 2 is 1.67 bits per heavy atom. The standard InChI is InChI=1S/C25H28ClN5O2/c1-25(2,16-27)31(24(33)29-20-7-5-6-19(26)14-20)15-17-10-12-18(13-11-17)23(32)30-22-9-4-3-8-21(22)28/h3-14H,15-16,27-28H2,1-2H3,(H,29,33)(H,30,32). The van der Waals surface area contributed by atoms with Gasteiger partial charge in [0.15, 0.2) is 0 Å². The number of urea groups is 1. The van der Waals surface area contributed by atoms with Gasteiger partial charge in [0.1, 0.15) is 0 Å². The first kappa shape index (κ1) is 24.1. The van der Waals surface area contributed by atoms with Crippen LogP contribution in [0.5, 0.6) is 0 Å². The molecule has 0 aliphatic heterocycles. The van der Waals surface area contributed by atoms with Crippen molar-refractivity contribution in [3.05, 3.63) is 88.9 Å². The largest absolute Gasteiger partial charge is 0.397 e. The van der Waals surface area contributed by atoms with Crippen molar-refractivity contribution in [2.24, 2.45) is 5.73 Å². The molecule has 0 unspecified atom stereocenters. The molecule has 0 aromatic heterocycles. The van der Waals surface area contributed by atoms with E-state index < -0.39 is 5.54 Å². The summed E-state index contributed by atoms with van der Waals surface area (Å²) in [7, 11) is 0. The lowest BCUT2D eigenvalue weighted by Gasteiger charge is -2.38. The van der Waals surface area contributed by atoms with Gasteiger partial charge in [0.25, 0.3) is 5.91 Å².